The molecule has 0 spiro atoms. The van der Waals surface area contributed by atoms with Crippen LogP contribution in [0.5, 0.6) is 5.75 Å². The minimum absolute atomic E-state index is 0.0333. The number of likely N-dealkylation sites (tertiary alicyclic amines) is 1. The van der Waals surface area contributed by atoms with Crippen molar-refractivity contribution in [1.82, 2.24) is 14.1 Å². The smallest absolute Gasteiger partial charge is 0.227 e. The lowest BCUT2D eigenvalue weighted by atomic mass is 9.84. The zero-order valence-corrected chi connectivity index (χ0v) is 16.3. The molecule has 7 nitrogen and oxygen atoms in total. The molecule has 3 aliphatic rings. The van der Waals surface area contributed by atoms with Crippen LogP contribution >= 0.6 is 0 Å². The first-order valence-corrected chi connectivity index (χ1v) is 11.0. The molecule has 0 bridgehead atoms. The molecule has 4 rings (SSSR count). The van der Waals surface area contributed by atoms with Gasteiger partial charge in [-0.3, -0.25) is 9.69 Å². The van der Waals surface area contributed by atoms with E-state index in [-0.39, 0.29) is 29.6 Å². The molecule has 0 radical (unpaired) electrons. The summed E-state index contributed by atoms with van der Waals surface area (Å²) in [6.07, 6.45) is 1.19. The summed E-state index contributed by atoms with van der Waals surface area (Å²) in [5.41, 5.74) is 0.797. The van der Waals surface area contributed by atoms with Crippen LogP contribution in [0.2, 0.25) is 0 Å². The Labute approximate surface area is 158 Å². The monoisotopic (exact) mass is 397 g/mol. The van der Waals surface area contributed by atoms with Gasteiger partial charge in [0.25, 0.3) is 0 Å². The molecule has 2 fully saturated rings. The van der Waals surface area contributed by atoms with Gasteiger partial charge in [-0.05, 0) is 25.2 Å². The van der Waals surface area contributed by atoms with Gasteiger partial charge in [0.2, 0.25) is 15.9 Å². The molecule has 0 aromatic heterocycles. The standard InChI is InChI=1S/C18H24FN3O4S/c1-20-10-14(18(23)21-5-7-22(8-6-21)27(2,24)25)15-11-26-16-4-3-12(19)9-13(16)17(15)20/h3-4,9,14-15,17H,5-8,10-11H2,1-2H3/t14-,15+,17+/m1/s1. The van der Waals surface area contributed by atoms with Crippen LogP contribution in [0, 0.1) is 17.7 Å². The van der Waals surface area contributed by atoms with Crippen LogP contribution in [0.3, 0.4) is 0 Å². The van der Waals surface area contributed by atoms with Gasteiger partial charge in [-0.1, -0.05) is 0 Å². The van der Waals surface area contributed by atoms with Gasteiger partial charge in [-0.15, -0.1) is 0 Å². The third-order valence-electron chi connectivity index (χ3n) is 5.94. The van der Waals surface area contributed by atoms with Gasteiger partial charge in [-0.2, -0.15) is 4.31 Å². The molecular formula is C18H24FN3O4S. The minimum atomic E-state index is -3.23. The van der Waals surface area contributed by atoms with E-state index in [1.54, 1.807) is 11.0 Å². The molecule has 0 N–H and O–H groups in total. The van der Waals surface area contributed by atoms with Crippen molar-refractivity contribution in [2.24, 2.45) is 11.8 Å². The number of amides is 1. The number of rotatable bonds is 2. The van der Waals surface area contributed by atoms with Crippen LogP contribution in [0.15, 0.2) is 18.2 Å². The van der Waals surface area contributed by atoms with E-state index in [1.165, 1.54) is 22.7 Å². The molecule has 3 heterocycles. The third kappa shape index (κ3) is 3.32. The highest BCUT2D eigenvalue weighted by atomic mass is 32.2. The number of carbonyl (C=O) groups is 1. The molecule has 1 aromatic carbocycles. The van der Waals surface area contributed by atoms with E-state index in [0.717, 1.165) is 5.56 Å². The van der Waals surface area contributed by atoms with E-state index in [4.69, 9.17) is 4.74 Å². The van der Waals surface area contributed by atoms with Gasteiger partial charge < -0.3 is 9.64 Å². The zero-order valence-electron chi connectivity index (χ0n) is 15.5. The molecule has 0 unspecified atom stereocenters. The Bertz CT molecular complexity index is 854. The van der Waals surface area contributed by atoms with E-state index in [1.807, 2.05) is 7.05 Å². The van der Waals surface area contributed by atoms with Gasteiger partial charge in [0.1, 0.15) is 11.6 Å². The van der Waals surface area contributed by atoms with E-state index >= 15 is 0 Å². The van der Waals surface area contributed by atoms with E-state index in [2.05, 4.69) is 4.90 Å². The molecule has 148 valence electrons. The molecule has 0 saturated carbocycles. The number of ether oxygens (including phenoxy) is 1. The topological polar surface area (TPSA) is 70.2 Å². The first-order valence-electron chi connectivity index (χ1n) is 9.12. The number of hydrogen-bond donors (Lipinski definition) is 0. The van der Waals surface area contributed by atoms with Crippen LogP contribution in [0.1, 0.15) is 11.6 Å². The number of sulfonamides is 1. The van der Waals surface area contributed by atoms with Crippen molar-refractivity contribution < 1.29 is 22.3 Å². The summed E-state index contributed by atoms with van der Waals surface area (Å²) in [4.78, 5) is 17.0. The first kappa shape index (κ1) is 18.6. The van der Waals surface area contributed by atoms with Crippen molar-refractivity contribution >= 4 is 15.9 Å². The SMILES string of the molecule is CN1C[C@@H](C(=O)N2CCN(S(C)(=O)=O)CC2)[C@@H]2COc3ccc(F)cc3[C@@H]21. The first-order chi connectivity index (χ1) is 12.8. The Morgan fingerprint density at radius 2 is 1.93 bits per heavy atom. The predicted octanol–water partition coefficient (Wildman–Crippen LogP) is 0.541. The minimum Gasteiger partial charge on any atom is -0.493 e. The van der Waals surface area contributed by atoms with Crippen molar-refractivity contribution in [3.8, 4) is 5.75 Å². The lowest BCUT2D eigenvalue weighted by molar-refractivity contribution is -0.138. The summed E-state index contributed by atoms with van der Waals surface area (Å²) in [5.74, 6) is 0.134. The molecular weight excluding hydrogens is 373 g/mol. The summed E-state index contributed by atoms with van der Waals surface area (Å²) in [5, 5.41) is 0. The Hall–Kier alpha value is -1.71. The molecule has 3 atom stereocenters. The number of halogens is 1. The van der Waals surface area contributed by atoms with Crippen LogP contribution in [0.4, 0.5) is 4.39 Å². The van der Waals surface area contributed by atoms with Crippen molar-refractivity contribution in [3.05, 3.63) is 29.6 Å². The molecule has 9 heteroatoms. The Morgan fingerprint density at radius 3 is 2.59 bits per heavy atom. The van der Waals surface area contributed by atoms with Gasteiger partial charge >= 0.3 is 0 Å². The largest absolute Gasteiger partial charge is 0.493 e. The maximum absolute atomic E-state index is 13.8. The lowest BCUT2D eigenvalue weighted by Gasteiger charge is -2.37. The fraction of sp³-hybridized carbons (Fsp3) is 0.611. The molecule has 27 heavy (non-hydrogen) atoms. The van der Waals surface area contributed by atoms with Crippen molar-refractivity contribution in [3.63, 3.8) is 0 Å². The number of benzene rings is 1. The van der Waals surface area contributed by atoms with Gasteiger partial charge in [-0.25, -0.2) is 12.8 Å². The predicted molar refractivity (Wildman–Crippen MR) is 97.2 cm³/mol. The maximum Gasteiger partial charge on any atom is 0.227 e. The lowest BCUT2D eigenvalue weighted by Crippen LogP contribution is -2.52. The third-order valence-corrected chi connectivity index (χ3v) is 7.24. The molecule has 1 amide bonds. The molecule has 1 aromatic rings. The zero-order chi connectivity index (χ0) is 19.3. The summed E-state index contributed by atoms with van der Waals surface area (Å²) in [6, 6.07) is 4.49. The quantitative estimate of drug-likeness (QED) is 0.729. The van der Waals surface area contributed by atoms with E-state index in [0.29, 0.717) is 45.1 Å². The number of hydrogen-bond acceptors (Lipinski definition) is 5. The molecule has 3 aliphatic heterocycles. The summed E-state index contributed by atoms with van der Waals surface area (Å²) in [7, 11) is -1.28. The second-order valence-corrected chi connectivity index (χ2v) is 9.62. The van der Waals surface area contributed by atoms with Crippen LogP contribution in [-0.2, 0) is 14.8 Å². The Balaban J connectivity index is 1.51. The summed E-state index contributed by atoms with van der Waals surface area (Å²) in [6.45, 7) is 2.45. The Morgan fingerprint density at radius 1 is 1.22 bits per heavy atom. The van der Waals surface area contributed by atoms with Crippen LogP contribution in [-0.4, -0.2) is 81.1 Å². The fourth-order valence-electron chi connectivity index (χ4n) is 4.59. The van der Waals surface area contributed by atoms with Crippen LogP contribution < -0.4 is 4.74 Å². The van der Waals surface area contributed by atoms with E-state index in [9.17, 15) is 17.6 Å². The van der Waals surface area contributed by atoms with Gasteiger partial charge in [0.05, 0.1) is 18.8 Å². The number of carbonyl (C=O) groups excluding carboxylic acids is 1. The molecule has 2 saturated heterocycles. The number of nitrogens with zero attached hydrogens (tertiary/aromatic N) is 3. The highest BCUT2D eigenvalue weighted by Gasteiger charge is 2.49. The highest BCUT2D eigenvalue weighted by molar-refractivity contribution is 7.88. The Kier molecular flexibility index (Phi) is 4.64. The number of fused-ring (bicyclic) bond motifs is 3. The second-order valence-electron chi connectivity index (χ2n) is 7.64. The maximum atomic E-state index is 13.8. The summed E-state index contributed by atoms with van der Waals surface area (Å²) >= 11 is 0. The van der Waals surface area contributed by atoms with Crippen molar-refractivity contribution in [2.75, 3.05) is 52.6 Å². The second kappa shape index (κ2) is 6.72. The van der Waals surface area contributed by atoms with Crippen molar-refractivity contribution in [2.45, 2.75) is 6.04 Å². The van der Waals surface area contributed by atoms with Crippen LogP contribution in [0.25, 0.3) is 0 Å². The van der Waals surface area contributed by atoms with E-state index < -0.39 is 10.0 Å². The number of piperazine rings is 1. The van der Waals surface area contributed by atoms with Gasteiger partial charge in [0.15, 0.2) is 0 Å². The summed E-state index contributed by atoms with van der Waals surface area (Å²) < 4.78 is 44.3. The average Bonchev–Trinajstić information content (AvgIpc) is 2.97. The normalized spacial score (nSPS) is 29.1. The van der Waals surface area contributed by atoms with Crippen molar-refractivity contribution in [1.29, 1.82) is 0 Å². The molecule has 0 aliphatic carbocycles. The van der Waals surface area contributed by atoms with Gasteiger partial charge in [0, 0.05) is 50.2 Å². The highest BCUT2D eigenvalue weighted by Crippen LogP contribution is 2.47. The fourth-order valence-corrected chi connectivity index (χ4v) is 5.41. The average molecular weight is 397 g/mol.